The van der Waals surface area contributed by atoms with Gasteiger partial charge in [-0.25, -0.2) is 4.39 Å². The largest absolute Gasteiger partial charge is 0.399 e. The van der Waals surface area contributed by atoms with Crippen LogP contribution in [-0.2, 0) is 13.6 Å². The summed E-state index contributed by atoms with van der Waals surface area (Å²) >= 11 is 0. The number of nitrogens with two attached hydrogens (primary N) is 1. The molecule has 0 bridgehead atoms. The van der Waals surface area contributed by atoms with Gasteiger partial charge in [0.05, 0.1) is 12.2 Å². The summed E-state index contributed by atoms with van der Waals surface area (Å²) in [6, 6.07) is 6.29. The van der Waals surface area contributed by atoms with Crippen molar-refractivity contribution < 1.29 is 4.39 Å². The Balaban J connectivity index is 2.07. The van der Waals surface area contributed by atoms with E-state index in [-0.39, 0.29) is 5.82 Å². The van der Waals surface area contributed by atoms with Gasteiger partial charge in [0.25, 0.3) is 0 Å². The Morgan fingerprint density at radius 3 is 2.88 bits per heavy atom. The van der Waals surface area contributed by atoms with Gasteiger partial charge in [-0.2, -0.15) is 5.10 Å². The number of aromatic nitrogens is 2. The number of nitrogens with one attached hydrogen (secondary N) is 1. The fourth-order valence-corrected chi connectivity index (χ4v) is 1.48. The molecule has 0 unspecified atom stereocenters. The second-order valence-corrected chi connectivity index (χ2v) is 3.57. The fourth-order valence-electron chi connectivity index (χ4n) is 1.48. The molecule has 0 aliphatic rings. The van der Waals surface area contributed by atoms with E-state index in [1.807, 2.05) is 13.1 Å². The first kappa shape index (κ1) is 10.5. The van der Waals surface area contributed by atoms with Crippen molar-refractivity contribution >= 4 is 11.4 Å². The molecule has 84 valence electrons. The van der Waals surface area contributed by atoms with Gasteiger partial charge in [-0.3, -0.25) is 4.68 Å². The summed E-state index contributed by atoms with van der Waals surface area (Å²) in [4.78, 5) is 0. The van der Waals surface area contributed by atoms with Crippen LogP contribution in [0.5, 0.6) is 0 Å². The zero-order chi connectivity index (χ0) is 11.5. The first-order valence-corrected chi connectivity index (χ1v) is 4.92. The summed E-state index contributed by atoms with van der Waals surface area (Å²) in [5, 5.41) is 7.13. The monoisotopic (exact) mass is 220 g/mol. The Labute approximate surface area is 92.9 Å². The quantitative estimate of drug-likeness (QED) is 0.775. The number of halogens is 1. The van der Waals surface area contributed by atoms with Crippen molar-refractivity contribution in [2.45, 2.75) is 6.54 Å². The number of anilines is 2. The summed E-state index contributed by atoms with van der Waals surface area (Å²) in [5.74, 6) is -0.340. The normalized spacial score (nSPS) is 10.4. The third-order valence-corrected chi connectivity index (χ3v) is 2.32. The standard InChI is InChI=1S/C11H13FN4/c1-16-11(2-3-15-16)7-14-10-5-8(12)4-9(13)6-10/h2-6,14H,7,13H2,1H3. The number of hydrogen-bond acceptors (Lipinski definition) is 3. The molecule has 0 aliphatic carbocycles. The molecule has 0 fully saturated rings. The van der Waals surface area contributed by atoms with Crippen molar-refractivity contribution in [3.05, 3.63) is 42.0 Å². The summed E-state index contributed by atoms with van der Waals surface area (Å²) in [6.45, 7) is 0.583. The molecule has 16 heavy (non-hydrogen) atoms. The summed E-state index contributed by atoms with van der Waals surface area (Å²) in [7, 11) is 1.86. The van der Waals surface area contributed by atoms with E-state index in [0.29, 0.717) is 17.9 Å². The van der Waals surface area contributed by atoms with Crippen LogP contribution in [0.15, 0.2) is 30.5 Å². The van der Waals surface area contributed by atoms with Crippen molar-refractivity contribution in [1.29, 1.82) is 0 Å². The lowest BCUT2D eigenvalue weighted by atomic mass is 10.2. The van der Waals surface area contributed by atoms with Crippen LogP contribution in [0, 0.1) is 5.82 Å². The Hall–Kier alpha value is -2.04. The molecule has 3 N–H and O–H groups in total. The van der Waals surface area contributed by atoms with Crippen molar-refractivity contribution in [2.75, 3.05) is 11.1 Å². The lowest BCUT2D eigenvalue weighted by Gasteiger charge is -2.07. The average Bonchev–Trinajstić information content (AvgIpc) is 2.59. The number of nitrogen functional groups attached to an aromatic ring is 1. The van der Waals surface area contributed by atoms with E-state index in [2.05, 4.69) is 10.4 Å². The number of aryl methyl sites for hydroxylation is 1. The Morgan fingerprint density at radius 1 is 1.44 bits per heavy atom. The van der Waals surface area contributed by atoms with Gasteiger partial charge in [0.1, 0.15) is 5.82 Å². The molecule has 1 aromatic carbocycles. The first-order chi connectivity index (χ1) is 7.65. The fraction of sp³-hybridized carbons (Fsp3) is 0.182. The van der Waals surface area contributed by atoms with Crippen LogP contribution in [0.25, 0.3) is 0 Å². The molecule has 0 saturated heterocycles. The highest BCUT2D eigenvalue weighted by Gasteiger charge is 2.00. The minimum Gasteiger partial charge on any atom is -0.399 e. The molecule has 0 amide bonds. The third-order valence-electron chi connectivity index (χ3n) is 2.32. The second-order valence-electron chi connectivity index (χ2n) is 3.57. The topological polar surface area (TPSA) is 55.9 Å². The molecule has 5 heteroatoms. The molecular formula is C11H13FN4. The van der Waals surface area contributed by atoms with Crippen LogP contribution < -0.4 is 11.1 Å². The molecule has 0 aliphatic heterocycles. The van der Waals surface area contributed by atoms with Crippen LogP contribution in [0.3, 0.4) is 0 Å². The molecular weight excluding hydrogens is 207 g/mol. The maximum absolute atomic E-state index is 13.0. The van der Waals surface area contributed by atoms with E-state index < -0.39 is 0 Å². The van der Waals surface area contributed by atoms with Crippen molar-refractivity contribution in [3.8, 4) is 0 Å². The predicted octanol–water partition coefficient (Wildman–Crippen LogP) is 1.75. The lowest BCUT2D eigenvalue weighted by Crippen LogP contribution is -2.05. The maximum Gasteiger partial charge on any atom is 0.127 e. The van der Waals surface area contributed by atoms with Crippen LogP contribution in [0.2, 0.25) is 0 Å². The molecule has 0 spiro atoms. The van der Waals surface area contributed by atoms with Crippen LogP contribution in [-0.4, -0.2) is 9.78 Å². The zero-order valence-corrected chi connectivity index (χ0v) is 8.94. The number of benzene rings is 1. The number of nitrogens with zero attached hydrogens (tertiary/aromatic N) is 2. The van der Waals surface area contributed by atoms with Gasteiger partial charge in [0, 0.05) is 24.6 Å². The molecule has 2 rings (SSSR count). The molecule has 1 aromatic heterocycles. The molecule has 4 nitrogen and oxygen atoms in total. The highest BCUT2D eigenvalue weighted by atomic mass is 19.1. The first-order valence-electron chi connectivity index (χ1n) is 4.92. The minimum atomic E-state index is -0.340. The van der Waals surface area contributed by atoms with Gasteiger partial charge < -0.3 is 11.1 Å². The summed E-state index contributed by atoms with van der Waals surface area (Å²) < 4.78 is 14.8. The van der Waals surface area contributed by atoms with Crippen LogP contribution in [0.1, 0.15) is 5.69 Å². The van der Waals surface area contributed by atoms with E-state index >= 15 is 0 Å². The number of rotatable bonds is 3. The van der Waals surface area contributed by atoms with Crippen molar-refractivity contribution in [1.82, 2.24) is 9.78 Å². The van der Waals surface area contributed by atoms with E-state index in [0.717, 1.165) is 5.69 Å². The van der Waals surface area contributed by atoms with Crippen LogP contribution in [0.4, 0.5) is 15.8 Å². The van der Waals surface area contributed by atoms with Gasteiger partial charge in [-0.1, -0.05) is 0 Å². The number of hydrogen-bond donors (Lipinski definition) is 2. The van der Waals surface area contributed by atoms with E-state index in [4.69, 9.17) is 5.73 Å². The predicted molar refractivity (Wildman–Crippen MR) is 61.3 cm³/mol. The molecule has 1 heterocycles. The van der Waals surface area contributed by atoms with Gasteiger partial charge >= 0.3 is 0 Å². The van der Waals surface area contributed by atoms with Gasteiger partial charge in [-0.05, 0) is 24.3 Å². The average molecular weight is 220 g/mol. The summed E-state index contributed by atoms with van der Waals surface area (Å²) in [6.07, 6.45) is 1.72. The lowest BCUT2D eigenvalue weighted by molar-refractivity contribution is 0.629. The maximum atomic E-state index is 13.0. The van der Waals surface area contributed by atoms with E-state index in [9.17, 15) is 4.39 Å². The Bertz CT molecular complexity index is 472. The summed E-state index contributed by atoms with van der Waals surface area (Å²) in [5.41, 5.74) is 7.63. The third kappa shape index (κ3) is 2.31. The van der Waals surface area contributed by atoms with Gasteiger partial charge in [0.15, 0.2) is 0 Å². The van der Waals surface area contributed by atoms with E-state index in [1.165, 1.54) is 12.1 Å². The zero-order valence-electron chi connectivity index (χ0n) is 8.94. The second kappa shape index (κ2) is 4.22. The Kier molecular flexibility index (Phi) is 2.76. The molecule has 0 atom stereocenters. The minimum absolute atomic E-state index is 0.340. The SMILES string of the molecule is Cn1nccc1CNc1cc(N)cc(F)c1. The molecule has 0 saturated carbocycles. The van der Waals surface area contributed by atoms with Gasteiger partial charge in [-0.15, -0.1) is 0 Å². The van der Waals surface area contributed by atoms with Crippen molar-refractivity contribution in [3.63, 3.8) is 0 Å². The van der Waals surface area contributed by atoms with E-state index in [1.54, 1.807) is 16.9 Å². The van der Waals surface area contributed by atoms with Crippen LogP contribution >= 0.6 is 0 Å². The highest BCUT2D eigenvalue weighted by molar-refractivity contribution is 5.54. The molecule has 0 radical (unpaired) electrons. The Morgan fingerprint density at radius 2 is 2.25 bits per heavy atom. The van der Waals surface area contributed by atoms with Crippen molar-refractivity contribution in [2.24, 2.45) is 7.05 Å². The van der Waals surface area contributed by atoms with Gasteiger partial charge in [0.2, 0.25) is 0 Å². The highest BCUT2D eigenvalue weighted by Crippen LogP contribution is 2.16. The molecule has 2 aromatic rings. The smallest absolute Gasteiger partial charge is 0.127 e.